The van der Waals surface area contributed by atoms with Crippen LogP contribution in [0.2, 0.25) is 0 Å². The van der Waals surface area contributed by atoms with E-state index >= 15 is 0 Å². The van der Waals surface area contributed by atoms with Crippen LogP contribution in [0, 0.1) is 22.9 Å². The average molecular weight is 348 g/mol. The van der Waals surface area contributed by atoms with E-state index in [1.54, 1.807) is 19.1 Å². The fourth-order valence-electron chi connectivity index (χ4n) is 2.10. The van der Waals surface area contributed by atoms with E-state index in [1.807, 2.05) is 0 Å². The molecule has 0 aliphatic rings. The highest BCUT2D eigenvalue weighted by Crippen LogP contribution is 2.30. The summed E-state index contributed by atoms with van der Waals surface area (Å²) in [5, 5.41) is 13.4. The number of methoxy groups -OCH3 is 1. The Morgan fingerprint density at radius 3 is 2.64 bits per heavy atom. The van der Waals surface area contributed by atoms with Gasteiger partial charge in [0.1, 0.15) is 5.82 Å². The summed E-state index contributed by atoms with van der Waals surface area (Å²) in [7, 11) is 1.39. The first-order valence-electron chi connectivity index (χ1n) is 7.37. The first-order chi connectivity index (χ1) is 11.9. The fourth-order valence-corrected chi connectivity index (χ4v) is 2.10. The molecule has 0 aromatic heterocycles. The van der Waals surface area contributed by atoms with Gasteiger partial charge in [-0.15, -0.1) is 0 Å². The first-order valence-corrected chi connectivity index (χ1v) is 7.37. The number of carbonyl (C=O) groups is 1. The van der Waals surface area contributed by atoms with Gasteiger partial charge in [-0.25, -0.2) is 4.39 Å². The van der Waals surface area contributed by atoms with Crippen LogP contribution in [0.1, 0.15) is 11.1 Å². The molecule has 2 rings (SSSR count). The molecule has 1 N–H and O–H groups in total. The van der Waals surface area contributed by atoms with E-state index in [0.717, 1.165) is 5.56 Å². The molecule has 7 nitrogen and oxygen atoms in total. The van der Waals surface area contributed by atoms with Crippen LogP contribution >= 0.6 is 0 Å². The van der Waals surface area contributed by atoms with Crippen LogP contribution in [-0.2, 0) is 11.3 Å². The molecule has 0 saturated heterocycles. The molecule has 8 heteroatoms. The summed E-state index contributed by atoms with van der Waals surface area (Å²) >= 11 is 0. The SMILES string of the molecule is COc1ccc([N+](=O)[O-])cc1OCC(=O)NCc1ccc(F)c(C)c1. The number of rotatable bonds is 7. The minimum absolute atomic E-state index is 0.101. The highest BCUT2D eigenvalue weighted by molar-refractivity contribution is 5.77. The first kappa shape index (κ1) is 18.2. The van der Waals surface area contributed by atoms with Crippen molar-refractivity contribution >= 4 is 11.6 Å². The molecule has 2 aromatic rings. The number of benzene rings is 2. The number of halogens is 1. The van der Waals surface area contributed by atoms with E-state index in [9.17, 15) is 19.3 Å². The van der Waals surface area contributed by atoms with Crippen molar-refractivity contribution in [2.24, 2.45) is 0 Å². The standard InChI is InChI=1S/C17H17FN2O5/c1-11-7-12(3-5-14(11)18)9-19-17(21)10-25-16-8-13(20(22)23)4-6-15(16)24-2/h3-8H,9-10H2,1-2H3,(H,19,21). The number of nitro benzene ring substituents is 1. The molecule has 1 amide bonds. The predicted molar refractivity (Wildman–Crippen MR) is 88.1 cm³/mol. The van der Waals surface area contributed by atoms with Gasteiger partial charge in [-0.3, -0.25) is 14.9 Å². The normalized spacial score (nSPS) is 10.2. The maximum absolute atomic E-state index is 13.2. The maximum atomic E-state index is 13.2. The summed E-state index contributed by atoms with van der Waals surface area (Å²) < 4.78 is 23.6. The Hall–Kier alpha value is -3.16. The van der Waals surface area contributed by atoms with Gasteiger partial charge in [-0.2, -0.15) is 0 Å². The molecule has 0 bridgehead atoms. The third kappa shape index (κ3) is 4.90. The van der Waals surface area contributed by atoms with E-state index in [-0.39, 0.29) is 36.2 Å². The molecule has 0 unspecified atom stereocenters. The van der Waals surface area contributed by atoms with Crippen molar-refractivity contribution in [3.8, 4) is 11.5 Å². The van der Waals surface area contributed by atoms with Crippen LogP contribution in [0.5, 0.6) is 11.5 Å². The van der Waals surface area contributed by atoms with Crippen LogP contribution in [0.4, 0.5) is 10.1 Å². The Kier molecular flexibility index (Phi) is 5.89. The Morgan fingerprint density at radius 1 is 1.24 bits per heavy atom. The monoisotopic (exact) mass is 348 g/mol. The van der Waals surface area contributed by atoms with Crippen molar-refractivity contribution in [2.75, 3.05) is 13.7 Å². The third-order valence-corrected chi connectivity index (χ3v) is 3.43. The van der Waals surface area contributed by atoms with Crippen molar-refractivity contribution in [3.05, 3.63) is 63.5 Å². The van der Waals surface area contributed by atoms with E-state index in [1.165, 1.54) is 31.4 Å². The molecular weight excluding hydrogens is 331 g/mol. The molecule has 132 valence electrons. The Labute approximate surface area is 143 Å². The number of nitrogens with zero attached hydrogens (tertiary/aromatic N) is 1. The van der Waals surface area contributed by atoms with Gasteiger partial charge in [-0.05, 0) is 30.2 Å². The number of ether oxygens (including phenoxy) is 2. The van der Waals surface area contributed by atoms with E-state index in [4.69, 9.17) is 9.47 Å². The second-order valence-electron chi connectivity index (χ2n) is 5.24. The minimum Gasteiger partial charge on any atom is -0.493 e. The Bertz CT molecular complexity index is 795. The lowest BCUT2D eigenvalue weighted by molar-refractivity contribution is -0.385. The molecule has 25 heavy (non-hydrogen) atoms. The second kappa shape index (κ2) is 8.09. The van der Waals surface area contributed by atoms with Crippen molar-refractivity contribution in [2.45, 2.75) is 13.5 Å². The number of hydrogen-bond acceptors (Lipinski definition) is 5. The molecule has 0 aliphatic heterocycles. The summed E-state index contributed by atoms with van der Waals surface area (Å²) in [5.41, 5.74) is 1.07. The number of hydrogen-bond donors (Lipinski definition) is 1. The van der Waals surface area contributed by atoms with Crippen molar-refractivity contribution in [1.29, 1.82) is 0 Å². The number of nitrogens with one attached hydrogen (secondary N) is 1. The lowest BCUT2D eigenvalue weighted by Gasteiger charge is -2.11. The highest BCUT2D eigenvalue weighted by Gasteiger charge is 2.14. The summed E-state index contributed by atoms with van der Waals surface area (Å²) in [6, 6.07) is 8.42. The van der Waals surface area contributed by atoms with Crippen molar-refractivity contribution < 1.29 is 23.6 Å². The number of nitro groups is 1. The van der Waals surface area contributed by atoms with Crippen LogP contribution in [0.25, 0.3) is 0 Å². The zero-order valence-corrected chi connectivity index (χ0v) is 13.7. The van der Waals surface area contributed by atoms with Gasteiger partial charge in [0.15, 0.2) is 18.1 Å². The largest absolute Gasteiger partial charge is 0.493 e. The van der Waals surface area contributed by atoms with Gasteiger partial charge in [0.2, 0.25) is 0 Å². The van der Waals surface area contributed by atoms with Crippen LogP contribution in [-0.4, -0.2) is 24.5 Å². The molecule has 2 aromatic carbocycles. The van der Waals surface area contributed by atoms with Crippen molar-refractivity contribution in [1.82, 2.24) is 5.32 Å². The Morgan fingerprint density at radius 2 is 2.00 bits per heavy atom. The molecule has 0 radical (unpaired) electrons. The summed E-state index contributed by atoms with van der Waals surface area (Å²) in [4.78, 5) is 22.1. The van der Waals surface area contributed by atoms with Gasteiger partial charge in [0, 0.05) is 12.6 Å². The van der Waals surface area contributed by atoms with Gasteiger partial charge in [0.25, 0.3) is 11.6 Å². The molecule has 0 atom stereocenters. The zero-order chi connectivity index (χ0) is 18.4. The number of amides is 1. The number of carbonyl (C=O) groups excluding carboxylic acids is 1. The average Bonchev–Trinajstić information content (AvgIpc) is 2.60. The topological polar surface area (TPSA) is 90.7 Å². The van der Waals surface area contributed by atoms with Gasteiger partial charge in [-0.1, -0.05) is 12.1 Å². The minimum atomic E-state index is -0.566. The molecule has 0 spiro atoms. The van der Waals surface area contributed by atoms with E-state index in [2.05, 4.69) is 5.32 Å². The van der Waals surface area contributed by atoms with Crippen molar-refractivity contribution in [3.63, 3.8) is 0 Å². The van der Waals surface area contributed by atoms with E-state index < -0.39 is 10.8 Å². The highest BCUT2D eigenvalue weighted by atomic mass is 19.1. The quantitative estimate of drug-likeness (QED) is 0.614. The van der Waals surface area contributed by atoms with Gasteiger partial charge < -0.3 is 14.8 Å². The smallest absolute Gasteiger partial charge is 0.273 e. The van der Waals surface area contributed by atoms with Gasteiger partial charge in [0.05, 0.1) is 18.1 Å². The predicted octanol–water partition coefficient (Wildman–Crippen LogP) is 2.75. The summed E-state index contributed by atoms with van der Waals surface area (Å²) in [5.74, 6) is -0.344. The summed E-state index contributed by atoms with van der Waals surface area (Å²) in [6.07, 6.45) is 0. The molecular formula is C17H17FN2O5. The third-order valence-electron chi connectivity index (χ3n) is 3.43. The van der Waals surface area contributed by atoms with Crippen LogP contribution < -0.4 is 14.8 Å². The molecule has 0 heterocycles. The lowest BCUT2D eigenvalue weighted by atomic mass is 10.1. The number of aryl methyl sites for hydroxylation is 1. The fraction of sp³-hybridized carbons (Fsp3) is 0.235. The molecule has 0 fully saturated rings. The molecule has 0 saturated carbocycles. The van der Waals surface area contributed by atoms with Crippen LogP contribution in [0.15, 0.2) is 36.4 Å². The van der Waals surface area contributed by atoms with Gasteiger partial charge >= 0.3 is 0 Å². The lowest BCUT2D eigenvalue weighted by Crippen LogP contribution is -2.28. The summed E-state index contributed by atoms with van der Waals surface area (Å²) in [6.45, 7) is 1.52. The Balaban J connectivity index is 1.94. The van der Waals surface area contributed by atoms with Crippen LogP contribution in [0.3, 0.4) is 0 Å². The second-order valence-corrected chi connectivity index (χ2v) is 5.24. The zero-order valence-electron chi connectivity index (χ0n) is 13.7. The molecule has 0 aliphatic carbocycles. The van der Waals surface area contributed by atoms with E-state index in [0.29, 0.717) is 5.56 Å². The maximum Gasteiger partial charge on any atom is 0.273 e. The number of non-ortho nitro benzene ring substituents is 1.